The van der Waals surface area contributed by atoms with Crippen LogP contribution in [0.1, 0.15) is 20.8 Å². The molecule has 0 aromatic rings. The molecule has 2 heteroatoms. The van der Waals surface area contributed by atoms with E-state index < -0.39 is 0 Å². The van der Waals surface area contributed by atoms with Gasteiger partial charge in [0.2, 0.25) is 0 Å². The molecule has 1 rings (SSSR count). The van der Waals surface area contributed by atoms with Crippen molar-refractivity contribution < 1.29 is 0 Å². The minimum absolute atomic E-state index is 0.0191. The second-order valence-electron chi connectivity index (χ2n) is 2.77. The molecule has 0 spiro atoms. The molecule has 0 aromatic heterocycles. The van der Waals surface area contributed by atoms with E-state index in [1.165, 1.54) is 5.57 Å². The van der Waals surface area contributed by atoms with Crippen LogP contribution in [0.25, 0.3) is 0 Å². The van der Waals surface area contributed by atoms with Crippen LogP contribution >= 0.6 is 0 Å². The third kappa shape index (κ3) is 1.02. The normalized spacial score (nSPS) is 27.7. The lowest BCUT2D eigenvalue weighted by molar-refractivity contribution is 0.626. The second-order valence-corrected chi connectivity index (χ2v) is 2.77. The van der Waals surface area contributed by atoms with Gasteiger partial charge in [-0.25, -0.2) is 0 Å². The first kappa shape index (κ1) is 6.46. The molecule has 0 saturated carbocycles. The van der Waals surface area contributed by atoms with E-state index in [-0.39, 0.29) is 5.54 Å². The van der Waals surface area contributed by atoms with Gasteiger partial charge in [-0.15, -0.1) is 0 Å². The van der Waals surface area contributed by atoms with Crippen LogP contribution < -0.4 is 0 Å². The molecule has 0 saturated heterocycles. The lowest BCUT2D eigenvalue weighted by Gasteiger charge is -2.12. The van der Waals surface area contributed by atoms with Crippen LogP contribution in [0.3, 0.4) is 0 Å². The molecule has 9 heavy (non-hydrogen) atoms. The first-order valence-electron chi connectivity index (χ1n) is 3.21. The highest BCUT2D eigenvalue weighted by molar-refractivity contribution is 5.20. The third-order valence-electron chi connectivity index (χ3n) is 1.70. The summed E-state index contributed by atoms with van der Waals surface area (Å²) >= 11 is 0. The van der Waals surface area contributed by atoms with Crippen molar-refractivity contribution in [2.24, 2.45) is 10.2 Å². The lowest BCUT2D eigenvalue weighted by Crippen LogP contribution is -2.15. The van der Waals surface area contributed by atoms with E-state index in [2.05, 4.69) is 30.2 Å². The number of hydrogen-bond donors (Lipinski definition) is 0. The van der Waals surface area contributed by atoms with Crippen LogP contribution in [0.4, 0.5) is 0 Å². The fraction of sp³-hybridized carbons (Fsp3) is 0.714. The van der Waals surface area contributed by atoms with Gasteiger partial charge in [0.25, 0.3) is 0 Å². The molecule has 0 aliphatic carbocycles. The molecule has 0 aromatic carbocycles. The van der Waals surface area contributed by atoms with E-state index in [1.807, 2.05) is 6.92 Å². The van der Waals surface area contributed by atoms with Crippen molar-refractivity contribution in [3.63, 3.8) is 0 Å². The molecular weight excluding hydrogens is 112 g/mol. The van der Waals surface area contributed by atoms with Crippen LogP contribution in [0.5, 0.6) is 0 Å². The Morgan fingerprint density at radius 2 is 2.22 bits per heavy atom. The zero-order valence-electron chi connectivity index (χ0n) is 6.18. The Labute approximate surface area is 55.7 Å². The molecule has 2 nitrogen and oxygen atoms in total. The van der Waals surface area contributed by atoms with Crippen LogP contribution in [0.2, 0.25) is 0 Å². The fourth-order valence-corrected chi connectivity index (χ4v) is 0.991. The summed E-state index contributed by atoms with van der Waals surface area (Å²) in [5.74, 6) is 0. The largest absolute Gasteiger partial charge is 0.189 e. The quantitative estimate of drug-likeness (QED) is 0.442. The van der Waals surface area contributed by atoms with Crippen molar-refractivity contribution in [1.29, 1.82) is 0 Å². The highest BCUT2D eigenvalue weighted by Gasteiger charge is 2.25. The summed E-state index contributed by atoms with van der Waals surface area (Å²) in [6.45, 7) is 6.99. The molecule has 0 fully saturated rings. The Morgan fingerprint density at radius 3 is 2.44 bits per heavy atom. The van der Waals surface area contributed by atoms with E-state index >= 15 is 0 Å². The van der Waals surface area contributed by atoms with Crippen LogP contribution in [-0.2, 0) is 0 Å². The number of azo groups is 1. The molecule has 0 radical (unpaired) electrons. The molecular formula is C7H12N2. The lowest BCUT2D eigenvalue weighted by atomic mass is 9.97. The molecule has 0 N–H and O–H groups in total. The van der Waals surface area contributed by atoms with Gasteiger partial charge in [0.05, 0.1) is 12.1 Å². The Bertz CT molecular complexity index is 166. The molecule has 50 valence electrons. The number of nitrogens with zero attached hydrogens (tertiary/aromatic N) is 2. The second kappa shape index (κ2) is 1.94. The van der Waals surface area contributed by atoms with Gasteiger partial charge in [-0.3, -0.25) is 0 Å². The predicted octanol–water partition coefficient (Wildman–Crippen LogP) is 2.18. The maximum atomic E-state index is 4.08. The molecule has 0 bridgehead atoms. The third-order valence-corrected chi connectivity index (χ3v) is 1.70. The molecule has 1 aliphatic heterocycles. The zero-order valence-corrected chi connectivity index (χ0v) is 6.18. The van der Waals surface area contributed by atoms with Crippen molar-refractivity contribution in [3.8, 4) is 0 Å². The summed E-state index contributed by atoms with van der Waals surface area (Å²) < 4.78 is 0. The minimum Gasteiger partial charge on any atom is -0.189 e. The highest BCUT2D eigenvalue weighted by Crippen LogP contribution is 2.26. The standard InChI is InChI=1S/C7H12N2/c1-4-6-5-8-9-7(6,2)3/h4H,5H2,1-3H3/b6-4-. The van der Waals surface area contributed by atoms with Crippen LogP contribution in [-0.4, -0.2) is 12.1 Å². The van der Waals surface area contributed by atoms with Crippen molar-refractivity contribution >= 4 is 0 Å². The van der Waals surface area contributed by atoms with Crippen molar-refractivity contribution in [3.05, 3.63) is 11.6 Å². The molecule has 0 atom stereocenters. The number of allylic oxidation sites excluding steroid dienone is 1. The SMILES string of the molecule is C/C=C1/CN=NC1(C)C. The van der Waals surface area contributed by atoms with Gasteiger partial charge in [-0.05, 0) is 26.3 Å². The summed E-state index contributed by atoms with van der Waals surface area (Å²) in [6, 6.07) is 0. The van der Waals surface area contributed by atoms with Crippen LogP contribution in [0.15, 0.2) is 21.9 Å². The summed E-state index contributed by atoms with van der Waals surface area (Å²) in [5.41, 5.74) is 1.30. The Balaban J connectivity index is 2.84. The Hall–Kier alpha value is -0.660. The molecule has 0 amide bonds. The molecule has 0 unspecified atom stereocenters. The highest BCUT2D eigenvalue weighted by atomic mass is 15.2. The van der Waals surface area contributed by atoms with Crippen molar-refractivity contribution in [2.75, 3.05) is 6.54 Å². The predicted molar refractivity (Wildman–Crippen MR) is 37.6 cm³/mol. The first-order chi connectivity index (χ1) is 4.17. The van der Waals surface area contributed by atoms with Gasteiger partial charge in [-0.2, -0.15) is 10.2 Å². The molecule has 1 aliphatic rings. The van der Waals surface area contributed by atoms with Crippen molar-refractivity contribution in [1.82, 2.24) is 0 Å². The van der Waals surface area contributed by atoms with Gasteiger partial charge in [-0.1, -0.05) is 6.08 Å². The smallest absolute Gasteiger partial charge is 0.0987 e. The van der Waals surface area contributed by atoms with E-state index in [4.69, 9.17) is 0 Å². The molecule has 1 heterocycles. The van der Waals surface area contributed by atoms with E-state index in [1.54, 1.807) is 0 Å². The Morgan fingerprint density at radius 1 is 1.56 bits per heavy atom. The average Bonchev–Trinajstić information content (AvgIpc) is 2.08. The minimum atomic E-state index is -0.0191. The summed E-state index contributed by atoms with van der Waals surface area (Å²) in [4.78, 5) is 0. The maximum Gasteiger partial charge on any atom is 0.0987 e. The van der Waals surface area contributed by atoms with Gasteiger partial charge in [0.15, 0.2) is 0 Å². The van der Waals surface area contributed by atoms with E-state index in [0.717, 1.165) is 6.54 Å². The van der Waals surface area contributed by atoms with Gasteiger partial charge in [0, 0.05) is 0 Å². The zero-order chi connectivity index (χ0) is 6.91. The van der Waals surface area contributed by atoms with Crippen LogP contribution in [0, 0.1) is 0 Å². The summed E-state index contributed by atoms with van der Waals surface area (Å²) in [7, 11) is 0. The average molecular weight is 124 g/mol. The summed E-state index contributed by atoms with van der Waals surface area (Å²) in [5, 5.41) is 8.02. The number of rotatable bonds is 0. The summed E-state index contributed by atoms with van der Waals surface area (Å²) in [6.07, 6.45) is 2.10. The van der Waals surface area contributed by atoms with Gasteiger partial charge >= 0.3 is 0 Å². The maximum absolute atomic E-state index is 4.08. The fourth-order valence-electron chi connectivity index (χ4n) is 0.991. The van der Waals surface area contributed by atoms with Gasteiger partial charge < -0.3 is 0 Å². The van der Waals surface area contributed by atoms with E-state index in [9.17, 15) is 0 Å². The van der Waals surface area contributed by atoms with E-state index in [0.29, 0.717) is 0 Å². The van der Waals surface area contributed by atoms with Gasteiger partial charge in [0.1, 0.15) is 0 Å². The first-order valence-corrected chi connectivity index (χ1v) is 3.21. The topological polar surface area (TPSA) is 24.7 Å². The Kier molecular flexibility index (Phi) is 1.39. The van der Waals surface area contributed by atoms with Crippen molar-refractivity contribution in [2.45, 2.75) is 26.3 Å². The monoisotopic (exact) mass is 124 g/mol. The number of hydrogen-bond acceptors (Lipinski definition) is 2.